The lowest BCUT2D eigenvalue weighted by molar-refractivity contribution is 0.584. The molecule has 0 N–H and O–H groups in total. The number of benzene rings is 1. The van der Waals surface area contributed by atoms with Crippen molar-refractivity contribution < 1.29 is 0 Å². The molecule has 1 aromatic carbocycles. The van der Waals surface area contributed by atoms with E-state index in [0.29, 0.717) is 39.7 Å². The molecule has 0 unspecified atom stereocenters. The molecule has 0 aliphatic heterocycles. The summed E-state index contributed by atoms with van der Waals surface area (Å²) in [5.74, 6) is 0.466. The van der Waals surface area contributed by atoms with Crippen molar-refractivity contribution in [3.63, 3.8) is 0 Å². The normalized spacial score (nSPS) is 11.4. The molecule has 0 spiro atoms. The monoisotopic (exact) mass is 392 g/mol. The number of hydrogen-bond acceptors (Lipinski definition) is 5. The van der Waals surface area contributed by atoms with E-state index in [1.807, 2.05) is 50.2 Å². The van der Waals surface area contributed by atoms with Crippen molar-refractivity contribution in [1.82, 2.24) is 18.9 Å². The van der Waals surface area contributed by atoms with Gasteiger partial charge in [0.2, 0.25) is 0 Å². The fourth-order valence-corrected chi connectivity index (χ4v) is 4.17. The summed E-state index contributed by atoms with van der Waals surface area (Å²) in [6.07, 6.45) is 0.836. The van der Waals surface area contributed by atoms with Crippen LogP contribution in [0.25, 0.3) is 16.6 Å². The predicted molar refractivity (Wildman–Crippen MR) is 112 cm³/mol. The Balaban J connectivity index is 1.73. The summed E-state index contributed by atoms with van der Waals surface area (Å²) < 4.78 is 3.31. The van der Waals surface area contributed by atoms with Gasteiger partial charge in [-0.2, -0.15) is 0 Å². The summed E-state index contributed by atoms with van der Waals surface area (Å²) in [5.41, 5.74) is 2.70. The number of nitrogens with zero attached hydrogens (tertiary/aromatic N) is 4. The second-order valence-electron chi connectivity index (χ2n) is 6.60. The number of para-hydroxylation sites is 1. The molecule has 142 valence electrons. The zero-order chi connectivity index (χ0) is 19.7. The van der Waals surface area contributed by atoms with Gasteiger partial charge in [0.25, 0.3) is 11.1 Å². The molecule has 6 nitrogen and oxygen atoms in total. The van der Waals surface area contributed by atoms with E-state index < -0.39 is 0 Å². The van der Waals surface area contributed by atoms with Gasteiger partial charge in [0, 0.05) is 24.1 Å². The van der Waals surface area contributed by atoms with Gasteiger partial charge in [-0.05, 0) is 37.6 Å². The molecule has 0 saturated carbocycles. The maximum Gasteiger partial charge on any atom is 0.262 e. The van der Waals surface area contributed by atoms with E-state index in [-0.39, 0.29) is 11.1 Å². The van der Waals surface area contributed by atoms with Crippen LogP contribution in [0.15, 0.2) is 63.3 Å². The first-order chi connectivity index (χ1) is 13.6. The lowest BCUT2D eigenvalue weighted by Crippen LogP contribution is -2.23. The average Bonchev–Trinajstić information content (AvgIpc) is 2.69. The van der Waals surface area contributed by atoms with Crippen LogP contribution < -0.4 is 11.1 Å². The Morgan fingerprint density at radius 2 is 1.86 bits per heavy atom. The van der Waals surface area contributed by atoms with Crippen LogP contribution in [-0.2, 0) is 12.3 Å². The lowest BCUT2D eigenvalue weighted by Gasteiger charge is -2.12. The first-order valence-corrected chi connectivity index (χ1v) is 10.2. The molecule has 0 aliphatic carbocycles. The minimum Gasteiger partial charge on any atom is -0.287 e. The third-order valence-electron chi connectivity index (χ3n) is 4.56. The predicted octanol–water partition coefficient (Wildman–Crippen LogP) is 3.42. The number of aryl methyl sites for hydroxylation is 1. The molecule has 0 amide bonds. The van der Waals surface area contributed by atoms with Crippen LogP contribution >= 0.6 is 11.8 Å². The molecule has 4 rings (SSSR count). The summed E-state index contributed by atoms with van der Waals surface area (Å²) in [6, 6.07) is 14.5. The van der Waals surface area contributed by atoms with Crippen molar-refractivity contribution in [3.8, 4) is 0 Å². The molecule has 0 fully saturated rings. The van der Waals surface area contributed by atoms with Crippen molar-refractivity contribution in [2.24, 2.45) is 0 Å². The van der Waals surface area contributed by atoms with E-state index in [0.717, 1.165) is 12.1 Å². The van der Waals surface area contributed by atoms with Gasteiger partial charge in [0.15, 0.2) is 5.16 Å². The molecular weight excluding hydrogens is 372 g/mol. The van der Waals surface area contributed by atoms with Crippen LogP contribution in [0.5, 0.6) is 0 Å². The Kier molecular flexibility index (Phi) is 5.00. The third kappa shape index (κ3) is 3.33. The number of pyridine rings is 1. The zero-order valence-corrected chi connectivity index (χ0v) is 16.6. The second-order valence-corrected chi connectivity index (χ2v) is 7.55. The first kappa shape index (κ1) is 18.4. The summed E-state index contributed by atoms with van der Waals surface area (Å²) in [7, 11) is 0. The Hall–Kier alpha value is -2.93. The van der Waals surface area contributed by atoms with Crippen LogP contribution in [0.1, 0.15) is 24.7 Å². The SMILES string of the molecule is CCCn1c(SCc2cc(=O)n3c(C)cccc3n2)nc2ccccc2c1=O. The lowest BCUT2D eigenvalue weighted by atomic mass is 10.2. The quantitative estimate of drug-likeness (QED) is 0.385. The van der Waals surface area contributed by atoms with Crippen LogP contribution in [0.2, 0.25) is 0 Å². The third-order valence-corrected chi connectivity index (χ3v) is 5.57. The summed E-state index contributed by atoms with van der Waals surface area (Å²) in [5, 5.41) is 1.27. The highest BCUT2D eigenvalue weighted by atomic mass is 32.2. The van der Waals surface area contributed by atoms with Gasteiger partial charge >= 0.3 is 0 Å². The van der Waals surface area contributed by atoms with Crippen molar-refractivity contribution in [2.45, 2.75) is 37.7 Å². The van der Waals surface area contributed by atoms with Gasteiger partial charge in [-0.3, -0.25) is 18.6 Å². The number of fused-ring (bicyclic) bond motifs is 2. The molecule has 0 saturated heterocycles. The van der Waals surface area contributed by atoms with E-state index in [1.165, 1.54) is 11.8 Å². The topological polar surface area (TPSA) is 69.3 Å². The van der Waals surface area contributed by atoms with Crippen molar-refractivity contribution in [2.75, 3.05) is 0 Å². The van der Waals surface area contributed by atoms with Crippen molar-refractivity contribution in [1.29, 1.82) is 0 Å². The van der Waals surface area contributed by atoms with Gasteiger partial charge in [0.1, 0.15) is 5.65 Å². The van der Waals surface area contributed by atoms with Gasteiger partial charge in [-0.15, -0.1) is 0 Å². The van der Waals surface area contributed by atoms with Gasteiger partial charge in [-0.25, -0.2) is 9.97 Å². The maximum absolute atomic E-state index is 12.9. The number of aromatic nitrogens is 4. The molecule has 0 bridgehead atoms. The number of rotatable bonds is 5. The summed E-state index contributed by atoms with van der Waals surface area (Å²) >= 11 is 1.43. The standard InChI is InChI=1S/C21H20N4O2S/c1-3-11-24-20(27)16-8-4-5-9-17(16)23-21(24)28-13-15-12-19(26)25-14(2)7-6-10-18(25)22-15/h4-10,12H,3,11,13H2,1-2H3. The number of thioether (sulfide) groups is 1. The smallest absolute Gasteiger partial charge is 0.262 e. The van der Waals surface area contributed by atoms with Gasteiger partial charge in [0.05, 0.1) is 16.6 Å². The Labute approximate surface area is 165 Å². The van der Waals surface area contributed by atoms with E-state index in [4.69, 9.17) is 0 Å². The largest absolute Gasteiger partial charge is 0.287 e. The Morgan fingerprint density at radius 3 is 2.68 bits per heavy atom. The van der Waals surface area contributed by atoms with Crippen molar-refractivity contribution >= 4 is 28.3 Å². The minimum atomic E-state index is -0.101. The molecular formula is C21H20N4O2S. The highest BCUT2D eigenvalue weighted by Crippen LogP contribution is 2.21. The minimum absolute atomic E-state index is 0.0304. The fourth-order valence-electron chi connectivity index (χ4n) is 3.25. The van der Waals surface area contributed by atoms with E-state index in [2.05, 4.69) is 9.97 Å². The summed E-state index contributed by atoms with van der Waals surface area (Å²) in [6.45, 7) is 4.52. The Morgan fingerprint density at radius 1 is 1.04 bits per heavy atom. The Bertz CT molecular complexity index is 1290. The summed E-state index contributed by atoms with van der Waals surface area (Å²) in [4.78, 5) is 34.6. The molecule has 28 heavy (non-hydrogen) atoms. The molecule has 7 heteroatoms. The zero-order valence-electron chi connectivity index (χ0n) is 15.8. The molecule has 4 aromatic rings. The van der Waals surface area contributed by atoms with Gasteiger partial charge < -0.3 is 0 Å². The highest BCUT2D eigenvalue weighted by molar-refractivity contribution is 7.98. The van der Waals surface area contributed by atoms with Crippen molar-refractivity contribution in [3.05, 3.63) is 80.6 Å². The number of hydrogen-bond donors (Lipinski definition) is 0. The van der Waals surface area contributed by atoms with E-state index in [9.17, 15) is 9.59 Å². The van der Waals surface area contributed by atoms with Crippen LogP contribution in [0.3, 0.4) is 0 Å². The molecule has 3 heterocycles. The van der Waals surface area contributed by atoms with Crippen LogP contribution in [-0.4, -0.2) is 18.9 Å². The fraction of sp³-hybridized carbons (Fsp3) is 0.238. The van der Waals surface area contributed by atoms with Gasteiger partial charge in [-0.1, -0.05) is 36.9 Å². The van der Waals surface area contributed by atoms with E-state index in [1.54, 1.807) is 21.1 Å². The van der Waals surface area contributed by atoms with Crippen LogP contribution in [0.4, 0.5) is 0 Å². The molecule has 0 aliphatic rings. The maximum atomic E-state index is 12.9. The molecule has 0 radical (unpaired) electrons. The second kappa shape index (κ2) is 7.59. The molecule has 0 atom stereocenters. The molecule has 3 aromatic heterocycles. The first-order valence-electron chi connectivity index (χ1n) is 9.19. The average molecular weight is 392 g/mol. The highest BCUT2D eigenvalue weighted by Gasteiger charge is 2.12. The van der Waals surface area contributed by atoms with Crippen LogP contribution in [0, 0.1) is 6.92 Å². The van der Waals surface area contributed by atoms with E-state index >= 15 is 0 Å².